The van der Waals surface area contributed by atoms with Gasteiger partial charge in [-0.1, -0.05) is 0 Å². The first kappa shape index (κ1) is 17.9. The van der Waals surface area contributed by atoms with Gasteiger partial charge in [-0.05, 0) is 48.5 Å². The van der Waals surface area contributed by atoms with Crippen LogP contribution in [0.1, 0.15) is 0 Å². The molecule has 0 aliphatic rings. The van der Waals surface area contributed by atoms with Crippen molar-refractivity contribution in [3.05, 3.63) is 48.5 Å². The summed E-state index contributed by atoms with van der Waals surface area (Å²) in [6, 6.07) is 10.2. The third kappa shape index (κ3) is 4.76. The van der Waals surface area contributed by atoms with Gasteiger partial charge in [-0.15, -0.1) is 0 Å². The molecule has 0 radical (unpaired) electrons. The molecule has 9 nitrogen and oxygen atoms in total. The molecule has 0 bridgehead atoms. The molecule has 0 amide bonds. The van der Waals surface area contributed by atoms with Crippen molar-refractivity contribution in [3.8, 4) is 0 Å². The van der Waals surface area contributed by atoms with Gasteiger partial charge in [-0.25, -0.2) is 4.99 Å². The van der Waals surface area contributed by atoms with Gasteiger partial charge in [0.05, 0.1) is 15.5 Å². The Morgan fingerprint density at radius 3 is 1.67 bits per heavy atom. The molecule has 0 heterocycles. The molecular weight excluding hydrogens is 358 g/mol. The van der Waals surface area contributed by atoms with E-state index in [2.05, 4.69) is 10.3 Å². The minimum Gasteiger partial charge on any atom is -0.369 e. The monoisotopic (exact) mass is 371 g/mol. The molecular formula is C13H13N3O6S2. The van der Waals surface area contributed by atoms with Gasteiger partial charge in [-0.2, -0.15) is 16.8 Å². The largest absolute Gasteiger partial charge is 0.369 e. The summed E-state index contributed by atoms with van der Waals surface area (Å²) < 4.78 is 61.5. The van der Waals surface area contributed by atoms with Crippen molar-refractivity contribution in [1.29, 1.82) is 0 Å². The van der Waals surface area contributed by atoms with Crippen LogP contribution in [-0.4, -0.2) is 31.9 Å². The molecule has 2 aromatic carbocycles. The first-order valence-corrected chi connectivity index (χ1v) is 9.20. The number of benzene rings is 2. The molecule has 0 saturated heterocycles. The second-order valence-electron chi connectivity index (χ2n) is 4.59. The molecule has 128 valence electrons. The first-order chi connectivity index (χ1) is 11.1. The van der Waals surface area contributed by atoms with Gasteiger partial charge in [0.1, 0.15) is 0 Å². The highest BCUT2D eigenvalue weighted by Crippen LogP contribution is 2.17. The van der Waals surface area contributed by atoms with Crippen LogP contribution < -0.4 is 11.1 Å². The van der Waals surface area contributed by atoms with E-state index in [1.54, 1.807) is 0 Å². The topological polar surface area (TPSA) is 159 Å². The zero-order valence-corrected chi connectivity index (χ0v) is 13.6. The molecule has 24 heavy (non-hydrogen) atoms. The predicted octanol–water partition coefficient (Wildman–Crippen LogP) is 1.24. The molecule has 0 saturated carbocycles. The SMILES string of the molecule is NC(=Nc1ccc(S(=O)(=O)O)cc1)Nc1ccc(S(=O)(=O)O)cc1. The van der Waals surface area contributed by atoms with Crippen LogP contribution in [0.4, 0.5) is 11.4 Å². The highest BCUT2D eigenvalue weighted by molar-refractivity contribution is 7.86. The van der Waals surface area contributed by atoms with Crippen LogP contribution in [0.3, 0.4) is 0 Å². The lowest BCUT2D eigenvalue weighted by Gasteiger charge is -2.06. The Morgan fingerprint density at radius 1 is 0.833 bits per heavy atom. The van der Waals surface area contributed by atoms with Crippen LogP contribution in [0.5, 0.6) is 0 Å². The quantitative estimate of drug-likeness (QED) is 0.355. The van der Waals surface area contributed by atoms with Crippen LogP contribution in [-0.2, 0) is 20.2 Å². The first-order valence-electron chi connectivity index (χ1n) is 6.32. The van der Waals surface area contributed by atoms with Crippen LogP contribution >= 0.6 is 0 Å². The van der Waals surface area contributed by atoms with Crippen LogP contribution in [0, 0.1) is 0 Å². The molecule has 2 aromatic rings. The van der Waals surface area contributed by atoms with Gasteiger partial charge in [0, 0.05) is 5.69 Å². The van der Waals surface area contributed by atoms with E-state index in [9.17, 15) is 16.8 Å². The van der Waals surface area contributed by atoms with Gasteiger partial charge in [-0.3, -0.25) is 9.11 Å². The van der Waals surface area contributed by atoms with Gasteiger partial charge in [0.2, 0.25) is 0 Å². The van der Waals surface area contributed by atoms with Crippen molar-refractivity contribution in [2.24, 2.45) is 10.7 Å². The van der Waals surface area contributed by atoms with Crippen molar-refractivity contribution < 1.29 is 25.9 Å². The fourth-order valence-electron chi connectivity index (χ4n) is 1.72. The number of nitrogens with zero attached hydrogens (tertiary/aromatic N) is 1. The molecule has 0 aliphatic carbocycles. The molecule has 0 aliphatic heterocycles. The lowest BCUT2D eigenvalue weighted by Crippen LogP contribution is -2.21. The summed E-state index contributed by atoms with van der Waals surface area (Å²) in [7, 11) is -8.55. The molecule has 0 unspecified atom stereocenters. The Hall–Kier alpha value is -2.47. The normalized spacial score (nSPS) is 12.8. The third-order valence-corrected chi connectivity index (χ3v) is 4.54. The smallest absolute Gasteiger partial charge is 0.294 e. The second kappa shape index (κ2) is 6.57. The molecule has 0 aromatic heterocycles. The highest BCUT2D eigenvalue weighted by atomic mass is 32.2. The van der Waals surface area contributed by atoms with Gasteiger partial charge < -0.3 is 11.1 Å². The van der Waals surface area contributed by atoms with E-state index in [0.29, 0.717) is 11.4 Å². The van der Waals surface area contributed by atoms with Crippen LogP contribution in [0.2, 0.25) is 0 Å². The zero-order chi connectivity index (χ0) is 18.0. The lowest BCUT2D eigenvalue weighted by molar-refractivity contribution is 0.481. The van der Waals surface area contributed by atoms with Crippen molar-refractivity contribution in [3.63, 3.8) is 0 Å². The number of aliphatic imine (C=N–C) groups is 1. The number of rotatable bonds is 4. The standard InChI is InChI=1S/C13H13N3O6S2/c14-13(15-9-1-5-11(6-2-9)23(17,18)19)16-10-3-7-12(8-4-10)24(20,21)22/h1-8H,(H3,14,15,16)(H,17,18,19)(H,20,21,22). The van der Waals surface area contributed by atoms with E-state index in [1.807, 2.05) is 0 Å². The Kier molecular flexibility index (Phi) is 4.89. The molecule has 11 heteroatoms. The van der Waals surface area contributed by atoms with E-state index in [1.165, 1.54) is 48.5 Å². The van der Waals surface area contributed by atoms with Gasteiger partial charge >= 0.3 is 0 Å². The molecule has 5 N–H and O–H groups in total. The van der Waals surface area contributed by atoms with E-state index in [-0.39, 0.29) is 15.8 Å². The van der Waals surface area contributed by atoms with E-state index < -0.39 is 20.2 Å². The average Bonchev–Trinajstić information content (AvgIpc) is 2.46. The summed E-state index contributed by atoms with van der Waals surface area (Å²) in [5, 5.41) is 2.70. The Morgan fingerprint density at radius 2 is 1.25 bits per heavy atom. The summed E-state index contributed by atoms with van der Waals surface area (Å²) >= 11 is 0. The maximum atomic E-state index is 10.9. The highest BCUT2D eigenvalue weighted by Gasteiger charge is 2.09. The number of anilines is 1. The molecule has 2 rings (SSSR count). The third-order valence-electron chi connectivity index (χ3n) is 2.81. The Balaban J connectivity index is 2.14. The van der Waals surface area contributed by atoms with E-state index in [0.717, 1.165) is 0 Å². The summed E-state index contributed by atoms with van der Waals surface area (Å²) in [5.74, 6) is -0.0331. The number of nitrogens with one attached hydrogen (secondary N) is 1. The molecule has 0 atom stereocenters. The fourth-order valence-corrected chi connectivity index (χ4v) is 2.68. The fraction of sp³-hybridized carbons (Fsp3) is 0. The van der Waals surface area contributed by atoms with Crippen LogP contribution in [0.15, 0.2) is 63.3 Å². The Bertz CT molecular complexity index is 965. The molecule has 0 spiro atoms. The van der Waals surface area contributed by atoms with Crippen molar-refractivity contribution in [2.75, 3.05) is 5.32 Å². The summed E-state index contributed by atoms with van der Waals surface area (Å²) in [6.45, 7) is 0. The van der Waals surface area contributed by atoms with E-state index >= 15 is 0 Å². The summed E-state index contributed by atoms with van der Waals surface area (Å²) in [4.78, 5) is 3.46. The minimum absolute atomic E-state index is 0.0331. The maximum absolute atomic E-state index is 10.9. The van der Waals surface area contributed by atoms with Crippen molar-refractivity contribution in [2.45, 2.75) is 9.79 Å². The maximum Gasteiger partial charge on any atom is 0.294 e. The van der Waals surface area contributed by atoms with E-state index in [4.69, 9.17) is 14.8 Å². The molecule has 0 fully saturated rings. The second-order valence-corrected chi connectivity index (χ2v) is 7.43. The average molecular weight is 371 g/mol. The summed E-state index contributed by atoms with van der Waals surface area (Å²) in [5.41, 5.74) is 6.45. The minimum atomic E-state index is -4.28. The number of guanidine groups is 1. The number of hydrogen-bond donors (Lipinski definition) is 4. The van der Waals surface area contributed by atoms with Crippen molar-refractivity contribution in [1.82, 2.24) is 0 Å². The number of nitrogens with two attached hydrogens (primary N) is 1. The van der Waals surface area contributed by atoms with Gasteiger partial charge in [0.15, 0.2) is 5.96 Å². The zero-order valence-electron chi connectivity index (χ0n) is 12.0. The van der Waals surface area contributed by atoms with Gasteiger partial charge in [0.25, 0.3) is 20.2 Å². The van der Waals surface area contributed by atoms with Crippen LogP contribution in [0.25, 0.3) is 0 Å². The number of hydrogen-bond acceptors (Lipinski definition) is 5. The van der Waals surface area contributed by atoms with Crippen molar-refractivity contribution >= 4 is 37.6 Å². The lowest BCUT2D eigenvalue weighted by atomic mass is 10.3. The predicted molar refractivity (Wildman–Crippen MR) is 87.4 cm³/mol. The summed E-state index contributed by atoms with van der Waals surface area (Å²) in [6.07, 6.45) is 0. The Labute approximate surface area is 138 Å².